The molecule has 1 heterocycles. The molecule has 2 unspecified atom stereocenters. The van der Waals surface area contributed by atoms with Crippen molar-refractivity contribution in [3.05, 3.63) is 35.4 Å². The van der Waals surface area contributed by atoms with E-state index in [1.807, 2.05) is 0 Å². The molecule has 2 atom stereocenters. The zero-order chi connectivity index (χ0) is 16.9. The van der Waals surface area contributed by atoms with E-state index in [1.54, 1.807) is 7.05 Å². The molecule has 0 radical (unpaired) electrons. The number of aliphatic imine (C=N–C) groups is 1. The monoisotopic (exact) mass is 338 g/mol. The fourth-order valence-electron chi connectivity index (χ4n) is 3.07. The summed E-state index contributed by atoms with van der Waals surface area (Å²) in [6, 6.07) is 4.03. The first-order valence-electron chi connectivity index (χ1n) is 8.40. The second kappa shape index (κ2) is 7.90. The van der Waals surface area contributed by atoms with E-state index in [1.165, 1.54) is 18.2 Å². The molecule has 7 heteroatoms. The second-order valence-electron chi connectivity index (χ2n) is 6.18. The van der Waals surface area contributed by atoms with Crippen LogP contribution in [0.1, 0.15) is 17.9 Å². The lowest BCUT2D eigenvalue weighted by molar-refractivity contribution is 0.0389. The maximum atomic E-state index is 13.8. The molecular formula is C17H24F2N4O. The Morgan fingerprint density at radius 3 is 2.67 bits per heavy atom. The average molecular weight is 338 g/mol. The van der Waals surface area contributed by atoms with Crippen LogP contribution in [0.3, 0.4) is 0 Å². The topological polar surface area (TPSA) is 48.9 Å². The molecule has 1 aliphatic heterocycles. The zero-order valence-corrected chi connectivity index (χ0v) is 13.9. The summed E-state index contributed by atoms with van der Waals surface area (Å²) in [7, 11) is 1.70. The second-order valence-corrected chi connectivity index (χ2v) is 6.18. The fourth-order valence-corrected chi connectivity index (χ4v) is 3.07. The summed E-state index contributed by atoms with van der Waals surface area (Å²) in [6.07, 6.45) is 0.710. The molecule has 1 saturated heterocycles. The summed E-state index contributed by atoms with van der Waals surface area (Å²) in [5.41, 5.74) is 0.179. The lowest BCUT2D eigenvalue weighted by Crippen LogP contribution is -2.45. The molecule has 5 nitrogen and oxygen atoms in total. The number of hydrogen-bond donors (Lipinski definition) is 2. The van der Waals surface area contributed by atoms with Gasteiger partial charge in [-0.05, 0) is 18.6 Å². The van der Waals surface area contributed by atoms with E-state index in [0.29, 0.717) is 12.4 Å². The van der Waals surface area contributed by atoms with Gasteiger partial charge in [-0.1, -0.05) is 6.07 Å². The van der Waals surface area contributed by atoms with Gasteiger partial charge in [0.25, 0.3) is 0 Å². The smallest absolute Gasteiger partial charge is 0.191 e. The van der Waals surface area contributed by atoms with E-state index in [2.05, 4.69) is 20.5 Å². The van der Waals surface area contributed by atoms with Crippen molar-refractivity contribution < 1.29 is 13.5 Å². The first kappa shape index (κ1) is 17.1. The molecule has 2 fully saturated rings. The van der Waals surface area contributed by atoms with Gasteiger partial charge in [0.05, 0.1) is 13.2 Å². The van der Waals surface area contributed by atoms with E-state index in [0.717, 1.165) is 39.4 Å². The van der Waals surface area contributed by atoms with Gasteiger partial charge < -0.3 is 15.4 Å². The standard InChI is InChI=1S/C17H24F2N4O/c1-20-17(21-5-6-23-7-9-24-10-8-23)22-15-11-12(15)16-13(18)3-2-4-14(16)19/h2-4,12,15H,5-11H2,1H3,(H2,20,21,22). The predicted molar refractivity (Wildman–Crippen MR) is 89.3 cm³/mol. The van der Waals surface area contributed by atoms with Crippen LogP contribution in [-0.4, -0.2) is 63.3 Å². The SMILES string of the molecule is CN=C(NCCN1CCOCC1)NC1CC1c1c(F)cccc1F. The fraction of sp³-hybridized carbons (Fsp3) is 0.588. The quantitative estimate of drug-likeness (QED) is 0.628. The number of nitrogens with one attached hydrogen (secondary N) is 2. The number of halogens is 2. The van der Waals surface area contributed by atoms with Crippen LogP contribution in [0.4, 0.5) is 8.78 Å². The molecule has 1 saturated carbocycles. The van der Waals surface area contributed by atoms with Crippen LogP contribution >= 0.6 is 0 Å². The molecule has 0 aromatic heterocycles. The third-order valence-corrected chi connectivity index (χ3v) is 4.53. The average Bonchev–Trinajstić information content (AvgIpc) is 3.33. The number of guanidine groups is 1. The van der Waals surface area contributed by atoms with Crippen molar-refractivity contribution in [1.29, 1.82) is 0 Å². The minimum Gasteiger partial charge on any atom is -0.379 e. The van der Waals surface area contributed by atoms with Gasteiger partial charge in [-0.3, -0.25) is 9.89 Å². The molecule has 0 bridgehead atoms. The van der Waals surface area contributed by atoms with Crippen molar-refractivity contribution >= 4 is 5.96 Å². The minimum atomic E-state index is -0.473. The molecule has 2 N–H and O–H groups in total. The molecule has 3 rings (SSSR count). The predicted octanol–water partition coefficient (Wildman–Crippen LogP) is 1.32. The van der Waals surface area contributed by atoms with E-state index in [-0.39, 0.29) is 17.5 Å². The largest absolute Gasteiger partial charge is 0.379 e. The van der Waals surface area contributed by atoms with E-state index >= 15 is 0 Å². The summed E-state index contributed by atoms with van der Waals surface area (Å²) in [4.78, 5) is 6.52. The third-order valence-electron chi connectivity index (χ3n) is 4.53. The number of nitrogens with zero attached hydrogens (tertiary/aromatic N) is 2. The Hall–Kier alpha value is -1.73. The van der Waals surface area contributed by atoms with Crippen molar-refractivity contribution in [2.75, 3.05) is 46.4 Å². The molecule has 0 spiro atoms. The first-order valence-corrected chi connectivity index (χ1v) is 8.40. The Morgan fingerprint density at radius 2 is 2.00 bits per heavy atom. The van der Waals surface area contributed by atoms with Crippen LogP contribution in [0.25, 0.3) is 0 Å². The summed E-state index contributed by atoms with van der Waals surface area (Å²) >= 11 is 0. The highest BCUT2D eigenvalue weighted by atomic mass is 19.1. The van der Waals surface area contributed by atoms with E-state index in [4.69, 9.17) is 4.74 Å². The van der Waals surface area contributed by atoms with Crippen molar-refractivity contribution in [2.24, 2.45) is 4.99 Å². The molecule has 1 aromatic carbocycles. The summed E-state index contributed by atoms with van der Waals surface area (Å²) in [5, 5.41) is 6.50. The number of morpholine rings is 1. The number of rotatable bonds is 5. The van der Waals surface area contributed by atoms with E-state index in [9.17, 15) is 8.78 Å². The summed E-state index contributed by atoms with van der Waals surface area (Å²) < 4.78 is 32.9. The number of ether oxygens (including phenoxy) is 1. The highest BCUT2D eigenvalue weighted by Gasteiger charge is 2.42. The van der Waals surface area contributed by atoms with Crippen LogP contribution < -0.4 is 10.6 Å². The van der Waals surface area contributed by atoms with Crippen LogP contribution in [0, 0.1) is 11.6 Å². The lowest BCUT2D eigenvalue weighted by atomic mass is 10.1. The Bertz CT molecular complexity index is 570. The Kier molecular flexibility index (Phi) is 5.63. The van der Waals surface area contributed by atoms with Crippen LogP contribution in [0.2, 0.25) is 0 Å². The third kappa shape index (κ3) is 4.21. The highest BCUT2D eigenvalue weighted by Crippen LogP contribution is 2.42. The van der Waals surface area contributed by atoms with Gasteiger partial charge in [-0.2, -0.15) is 0 Å². The van der Waals surface area contributed by atoms with Crippen molar-refractivity contribution in [2.45, 2.75) is 18.4 Å². The number of benzene rings is 1. The zero-order valence-electron chi connectivity index (χ0n) is 13.9. The first-order chi connectivity index (χ1) is 11.7. The Balaban J connectivity index is 1.45. The van der Waals surface area contributed by atoms with Gasteiger partial charge in [0, 0.05) is 50.7 Å². The van der Waals surface area contributed by atoms with Gasteiger partial charge in [0.1, 0.15) is 11.6 Å². The summed E-state index contributed by atoms with van der Waals surface area (Å²) in [5.74, 6) is -0.407. The van der Waals surface area contributed by atoms with Gasteiger partial charge in [0.15, 0.2) is 5.96 Å². The maximum Gasteiger partial charge on any atom is 0.191 e. The van der Waals surface area contributed by atoms with Gasteiger partial charge in [0.2, 0.25) is 0 Å². The normalized spacial score (nSPS) is 24.7. The Morgan fingerprint density at radius 1 is 1.29 bits per heavy atom. The van der Waals surface area contributed by atoms with Crippen molar-refractivity contribution in [3.8, 4) is 0 Å². The Labute approximate surface area is 141 Å². The van der Waals surface area contributed by atoms with E-state index < -0.39 is 11.6 Å². The molecule has 24 heavy (non-hydrogen) atoms. The maximum absolute atomic E-state index is 13.8. The van der Waals surface area contributed by atoms with Gasteiger partial charge in [-0.15, -0.1) is 0 Å². The van der Waals surface area contributed by atoms with Crippen LogP contribution in [-0.2, 0) is 4.74 Å². The van der Waals surface area contributed by atoms with Crippen LogP contribution in [0.5, 0.6) is 0 Å². The van der Waals surface area contributed by atoms with Gasteiger partial charge in [-0.25, -0.2) is 8.78 Å². The molecule has 0 amide bonds. The van der Waals surface area contributed by atoms with Gasteiger partial charge >= 0.3 is 0 Å². The molecule has 1 aliphatic carbocycles. The van der Waals surface area contributed by atoms with Crippen molar-refractivity contribution in [3.63, 3.8) is 0 Å². The highest BCUT2D eigenvalue weighted by molar-refractivity contribution is 5.80. The molecular weight excluding hydrogens is 314 g/mol. The lowest BCUT2D eigenvalue weighted by Gasteiger charge is -2.26. The molecule has 2 aliphatic rings. The van der Waals surface area contributed by atoms with Crippen molar-refractivity contribution in [1.82, 2.24) is 15.5 Å². The summed E-state index contributed by atoms with van der Waals surface area (Å²) in [6.45, 7) is 5.15. The number of hydrogen-bond acceptors (Lipinski definition) is 3. The molecule has 132 valence electrons. The molecule has 1 aromatic rings. The minimum absolute atomic E-state index is 0.0194. The van der Waals surface area contributed by atoms with Crippen LogP contribution in [0.15, 0.2) is 23.2 Å².